The average Bonchev–Trinajstić information content (AvgIpc) is 3.33. The number of alkyl halides is 2. The molecule has 1 fully saturated rings. The van der Waals surface area contributed by atoms with Crippen molar-refractivity contribution in [2.75, 3.05) is 5.32 Å². The second-order valence-electron chi connectivity index (χ2n) is 8.42. The Bertz CT molecular complexity index is 1220. The van der Waals surface area contributed by atoms with Gasteiger partial charge in [-0.2, -0.15) is 0 Å². The highest BCUT2D eigenvalue weighted by Crippen LogP contribution is 2.30. The molecule has 0 bridgehead atoms. The molecule has 0 atom stereocenters. The standard InChI is InChI=1S/C21H23F2N7O/c1-21(31)7-4-14(5-8-21)25-20-24-11-18-15(6-9-29(18)27-20)13-2-3-16-17(10-13)30(28-26-16)12-19(22)23/h2-3,6,9-11,14,19,31H,4-5,7-8,12H2,1H3,(H,25,27)/t14-,21-. The molecule has 0 amide bonds. The largest absolute Gasteiger partial charge is 0.390 e. The fraction of sp³-hybridized carbons (Fsp3) is 0.429. The molecule has 1 aromatic carbocycles. The summed E-state index contributed by atoms with van der Waals surface area (Å²) >= 11 is 0. The molecule has 1 aliphatic carbocycles. The van der Waals surface area contributed by atoms with Crippen LogP contribution in [-0.4, -0.2) is 52.8 Å². The van der Waals surface area contributed by atoms with Crippen molar-refractivity contribution in [2.24, 2.45) is 0 Å². The molecule has 162 valence electrons. The lowest BCUT2D eigenvalue weighted by Crippen LogP contribution is -2.36. The lowest BCUT2D eigenvalue weighted by molar-refractivity contribution is 0.0195. The zero-order chi connectivity index (χ0) is 21.6. The van der Waals surface area contributed by atoms with Gasteiger partial charge in [0.05, 0.1) is 22.8 Å². The smallest absolute Gasteiger partial charge is 0.258 e. The van der Waals surface area contributed by atoms with Crippen molar-refractivity contribution in [1.29, 1.82) is 0 Å². The maximum atomic E-state index is 12.8. The third kappa shape index (κ3) is 3.95. The topological polar surface area (TPSA) is 93.2 Å². The van der Waals surface area contributed by atoms with Crippen LogP contribution in [0.2, 0.25) is 0 Å². The number of nitrogens with one attached hydrogen (secondary N) is 1. The van der Waals surface area contributed by atoms with Gasteiger partial charge < -0.3 is 10.4 Å². The van der Waals surface area contributed by atoms with Crippen LogP contribution >= 0.6 is 0 Å². The van der Waals surface area contributed by atoms with E-state index in [1.165, 1.54) is 4.68 Å². The Kier molecular flexibility index (Phi) is 4.81. The highest BCUT2D eigenvalue weighted by Gasteiger charge is 2.29. The number of hydrogen-bond donors (Lipinski definition) is 2. The van der Waals surface area contributed by atoms with Gasteiger partial charge in [-0.25, -0.2) is 23.0 Å². The summed E-state index contributed by atoms with van der Waals surface area (Å²) in [7, 11) is 0. The third-order valence-corrected chi connectivity index (χ3v) is 5.95. The van der Waals surface area contributed by atoms with Crippen molar-refractivity contribution in [1.82, 2.24) is 29.6 Å². The van der Waals surface area contributed by atoms with Crippen LogP contribution in [0.1, 0.15) is 32.6 Å². The van der Waals surface area contributed by atoms with E-state index in [4.69, 9.17) is 0 Å². The molecule has 0 saturated heterocycles. The van der Waals surface area contributed by atoms with Crippen LogP contribution in [-0.2, 0) is 6.54 Å². The Morgan fingerprint density at radius 1 is 1.23 bits per heavy atom. The summed E-state index contributed by atoms with van der Waals surface area (Å²) in [5.74, 6) is 0.538. The molecule has 5 rings (SSSR count). The molecular weight excluding hydrogens is 404 g/mol. The molecule has 1 aliphatic rings. The third-order valence-electron chi connectivity index (χ3n) is 5.95. The Hall–Kier alpha value is -3.14. The molecule has 3 aromatic heterocycles. The fourth-order valence-electron chi connectivity index (χ4n) is 4.18. The number of benzene rings is 1. The predicted molar refractivity (Wildman–Crippen MR) is 112 cm³/mol. The first-order valence-electron chi connectivity index (χ1n) is 10.3. The van der Waals surface area contributed by atoms with Gasteiger partial charge >= 0.3 is 0 Å². The normalized spacial score (nSPS) is 21.9. The average molecular weight is 427 g/mol. The van der Waals surface area contributed by atoms with Crippen molar-refractivity contribution in [2.45, 2.75) is 57.2 Å². The lowest BCUT2D eigenvalue weighted by atomic mass is 9.84. The molecule has 8 nitrogen and oxygen atoms in total. The second kappa shape index (κ2) is 7.52. The van der Waals surface area contributed by atoms with E-state index in [2.05, 4.69) is 25.7 Å². The number of anilines is 1. The highest BCUT2D eigenvalue weighted by molar-refractivity contribution is 5.87. The zero-order valence-corrected chi connectivity index (χ0v) is 17.0. The molecule has 31 heavy (non-hydrogen) atoms. The first-order chi connectivity index (χ1) is 14.9. The molecular formula is C21H23F2N7O. The SMILES string of the molecule is C[C@]1(O)CC[C@H](Nc2ncc3c(-c4ccc5nnn(CC(F)F)c5c4)ccn3n2)CC1. The van der Waals surface area contributed by atoms with Crippen LogP contribution in [0.3, 0.4) is 0 Å². The molecule has 10 heteroatoms. The highest BCUT2D eigenvalue weighted by atomic mass is 19.3. The van der Waals surface area contributed by atoms with E-state index in [0.717, 1.165) is 42.3 Å². The molecule has 2 N–H and O–H groups in total. The summed E-state index contributed by atoms with van der Waals surface area (Å²) in [6.45, 7) is 1.38. The summed E-state index contributed by atoms with van der Waals surface area (Å²) in [6.07, 6.45) is 4.33. The molecule has 1 saturated carbocycles. The van der Waals surface area contributed by atoms with Crippen LogP contribution in [0.4, 0.5) is 14.7 Å². The van der Waals surface area contributed by atoms with Gasteiger partial charge in [0.2, 0.25) is 5.95 Å². The van der Waals surface area contributed by atoms with E-state index in [0.29, 0.717) is 17.0 Å². The predicted octanol–water partition coefficient (Wildman–Crippen LogP) is 3.51. The van der Waals surface area contributed by atoms with Crippen molar-refractivity contribution >= 4 is 22.5 Å². The Labute approximate surface area is 176 Å². The van der Waals surface area contributed by atoms with E-state index in [1.807, 2.05) is 31.3 Å². The maximum Gasteiger partial charge on any atom is 0.258 e. The molecule has 3 heterocycles. The number of aliphatic hydroxyl groups is 1. The monoisotopic (exact) mass is 427 g/mol. The molecule has 0 radical (unpaired) electrons. The van der Waals surface area contributed by atoms with E-state index in [-0.39, 0.29) is 6.04 Å². The maximum absolute atomic E-state index is 12.8. The second-order valence-corrected chi connectivity index (χ2v) is 8.42. The number of fused-ring (bicyclic) bond motifs is 2. The Morgan fingerprint density at radius 3 is 2.81 bits per heavy atom. The number of halogens is 2. The minimum atomic E-state index is -2.50. The summed E-state index contributed by atoms with van der Waals surface area (Å²) in [5, 5.41) is 25.8. The van der Waals surface area contributed by atoms with E-state index in [1.54, 1.807) is 16.8 Å². The summed E-state index contributed by atoms with van der Waals surface area (Å²) in [4.78, 5) is 4.47. The van der Waals surface area contributed by atoms with Crippen LogP contribution in [0.25, 0.3) is 27.7 Å². The summed E-state index contributed by atoms with van der Waals surface area (Å²) in [5.41, 5.74) is 3.11. The van der Waals surface area contributed by atoms with Gasteiger partial charge in [-0.15, -0.1) is 10.2 Å². The Balaban J connectivity index is 1.41. The molecule has 4 aromatic rings. The van der Waals surface area contributed by atoms with Gasteiger partial charge in [-0.3, -0.25) is 0 Å². The van der Waals surface area contributed by atoms with Crippen LogP contribution in [0.5, 0.6) is 0 Å². The minimum Gasteiger partial charge on any atom is -0.390 e. The first-order valence-corrected chi connectivity index (χ1v) is 10.3. The number of rotatable bonds is 5. The summed E-state index contributed by atoms with van der Waals surface area (Å²) in [6, 6.07) is 7.64. The molecule has 0 unspecified atom stereocenters. The molecule has 0 aliphatic heterocycles. The van der Waals surface area contributed by atoms with Gasteiger partial charge in [0.15, 0.2) is 0 Å². The van der Waals surface area contributed by atoms with Crippen LogP contribution in [0, 0.1) is 0 Å². The van der Waals surface area contributed by atoms with Gasteiger partial charge in [-0.1, -0.05) is 11.3 Å². The molecule has 0 spiro atoms. The van der Waals surface area contributed by atoms with Crippen LogP contribution < -0.4 is 5.32 Å². The van der Waals surface area contributed by atoms with Gasteiger partial charge in [-0.05, 0) is 56.4 Å². The number of hydrogen-bond acceptors (Lipinski definition) is 6. The van der Waals surface area contributed by atoms with Crippen LogP contribution in [0.15, 0.2) is 36.7 Å². The van der Waals surface area contributed by atoms with Crippen molar-refractivity contribution < 1.29 is 13.9 Å². The van der Waals surface area contributed by atoms with E-state index >= 15 is 0 Å². The number of nitrogens with zero attached hydrogens (tertiary/aromatic N) is 6. The zero-order valence-electron chi connectivity index (χ0n) is 17.0. The van der Waals surface area contributed by atoms with Crippen molar-refractivity contribution in [3.05, 3.63) is 36.7 Å². The quantitative estimate of drug-likeness (QED) is 0.506. The number of aromatic nitrogens is 6. The van der Waals surface area contributed by atoms with Gasteiger partial charge in [0, 0.05) is 17.8 Å². The van der Waals surface area contributed by atoms with Gasteiger partial charge in [0.25, 0.3) is 6.43 Å². The Morgan fingerprint density at radius 2 is 2.03 bits per heavy atom. The van der Waals surface area contributed by atoms with Crippen molar-refractivity contribution in [3.63, 3.8) is 0 Å². The van der Waals surface area contributed by atoms with E-state index < -0.39 is 18.6 Å². The summed E-state index contributed by atoms with van der Waals surface area (Å²) < 4.78 is 28.6. The van der Waals surface area contributed by atoms with Gasteiger partial charge in [0.1, 0.15) is 12.1 Å². The van der Waals surface area contributed by atoms with E-state index in [9.17, 15) is 13.9 Å². The fourth-order valence-corrected chi connectivity index (χ4v) is 4.18. The first kappa shape index (κ1) is 19.8. The lowest BCUT2D eigenvalue weighted by Gasteiger charge is -2.33. The van der Waals surface area contributed by atoms with Crippen molar-refractivity contribution in [3.8, 4) is 11.1 Å². The minimum absolute atomic E-state index is 0.234.